The Bertz CT molecular complexity index is 1150. The minimum atomic E-state index is 0.110. The Labute approximate surface area is 182 Å². The average Bonchev–Trinajstić information content (AvgIpc) is 3.48. The minimum absolute atomic E-state index is 0.110. The highest BCUT2D eigenvalue weighted by Gasteiger charge is 2.14. The van der Waals surface area contributed by atoms with Crippen LogP contribution < -0.4 is 16.0 Å². The van der Waals surface area contributed by atoms with E-state index >= 15 is 0 Å². The van der Waals surface area contributed by atoms with Crippen molar-refractivity contribution < 1.29 is 0 Å². The number of fused-ring (bicyclic) bond motifs is 1. The predicted octanol–water partition coefficient (Wildman–Crippen LogP) is 4.15. The Hall–Kier alpha value is -3.45. The quantitative estimate of drug-likeness (QED) is 0.422. The maximum Gasteiger partial charge on any atom is 0.225 e. The molecule has 31 heavy (non-hydrogen) atoms. The van der Waals surface area contributed by atoms with Crippen molar-refractivity contribution in [1.82, 2.24) is 24.8 Å². The second kappa shape index (κ2) is 8.73. The molecule has 1 aliphatic rings. The first-order valence-electron chi connectivity index (χ1n) is 10.9. The number of nitrogens with one attached hydrogen (secondary N) is 3. The van der Waals surface area contributed by atoms with Crippen LogP contribution >= 0.6 is 0 Å². The molecule has 158 valence electrons. The summed E-state index contributed by atoms with van der Waals surface area (Å²) in [4.78, 5) is 13.7. The topological polar surface area (TPSA) is 79.7 Å². The summed E-state index contributed by atoms with van der Waals surface area (Å²) in [7, 11) is 0. The van der Waals surface area contributed by atoms with Crippen LogP contribution in [0.2, 0.25) is 0 Å². The molecule has 0 radical (unpaired) electrons. The zero-order chi connectivity index (χ0) is 21.0. The average molecular weight is 414 g/mol. The monoisotopic (exact) mass is 413 g/mol. The number of imidazole rings is 1. The molecule has 1 fully saturated rings. The molecule has 0 spiro atoms. The van der Waals surface area contributed by atoms with E-state index in [1.807, 2.05) is 35.2 Å². The number of rotatable bonds is 7. The first-order valence-corrected chi connectivity index (χ1v) is 10.9. The van der Waals surface area contributed by atoms with Crippen LogP contribution in [0.3, 0.4) is 0 Å². The van der Waals surface area contributed by atoms with Gasteiger partial charge in [0.15, 0.2) is 0 Å². The molecule has 7 nitrogen and oxygen atoms in total. The van der Waals surface area contributed by atoms with E-state index < -0.39 is 0 Å². The molecular formula is C24H27N7. The Morgan fingerprint density at radius 2 is 2.03 bits per heavy atom. The zero-order valence-corrected chi connectivity index (χ0v) is 17.6. The van der Waals surface area contributed by atoms with E-state index in [0.29, 0.717) is 12.0 Å². The normalized spacial score (nSPS) is 17.0. The molecule has 0 amide bonds. The molecule has 2 aromatic carbocycles. The van der Waals surface area contributed by atoms with Crippen molar-refractivity contribution in [3.8, 4) is 5.82 Å². The van der Waals surface area contributed by atoms with Gasteiger partial charge in [0.05, 0.1) is 17.1 Å². The van der Waals surface area contributed by atoms with Gasteiger partial charge in [-0.3, -0.25) is 4.57 Å². The number of hydrogen-bond acceptors (Lipinski definition) is 6. The van der Waals surface area contributed by atoms with Crippen LogP contribution in [0.15, 0.2) is 67.1 Å². The van der Waals surface area contributed by atoms with E-state index in [9.17, 15) is 0 Å². The van der Waals surface area contributed by atoms with Gasteiger partial charge < -0.3 is 16.0 Å². The highest BCUT2D eigenvalue weighted by molar-refractivity contribution is 5.81. The van der Waals surface area contributed by atoms with Gasteiger partial charge in [0.25, 0.3) is 0 Å². The lowest BCUT2D eigenvalue weighted by molar-refractivity contribution is 0.633. The SMILES string of the molecule is CC(Nc1nccc(-n2cnc3cc(NC[C@H]4CCCN4)ccc32)n1)c1ccccc1. The lowest BCUT2D eigenvalue weighted by Gasteiger charge is -2.15. The second-order valence-corrected chi connectivity index (χ2v) is 8.01. The van der Waals surface area contributed by atoms with Gasteiger partial charge in [-0.1, -0.05) is 30.3 Å². The van der Waals surface area contributed by atoms with Crippen LogP contribution in [0, 0.1) is 0 Å². The van der Waals surface area contributed by atoms with Crippen molar-refractivity contribution in [2.24, 2.45) is 0 Å². The van der Waals surface area contributed by atoms with E-state index in [0.717, 1.165) is 35.6 Å². The Morgan fingerprint density at radius 1 is 1.13 bits per heavy atom. The molecule has 2 atom stereocenters. The fraction of sp³-hybridized carbons (Fsp3) is 0.292. The van der Waals surface area contributed by atoms with Crippen molar-refractivity contribution in [2.45, 2.75) is 31.8 Å². The Morgan fingerprint density at radius 3 is 2.87 bits per heavy atom. The molecule has 1 saturated heterocycles. The number of nitrogens with zero attached hydrogens (tertiary/aromatic N) is 4. The van der Waals surface area contributed by atoms with Crippen LogP contribution in [0.4, 0.5) is 11.6 Å². The smallest absolute Gasteiger partial charge is 0.225 e. The van der Waals surface area contributed by atoms with Gasteiger partial charge >= 0.3 is 0 Å². The molecule has 0 aliphatic carbocycles. The maximum absolute atomic E-state index is 4.72. The first-order chi connectivity index (χ1) is 15.3. The van der Waals surface area contributed by atoms with Gasteiger partial charge in [-0.25, -0.2) is 9.97 Å². The molecule has 0 bridgehead atoms. The third-order valence-electron chi connectivity index (χ3n) is 5.80. The molecule has 1 aliphatic heterocycles. The lowest BCUT2D eigenvalue weighted by atomic mass is 10.1. The molecule has 3 N–H and O–H groups in total. The predicted molar refractivity (Wildman–Crippen MR) is 125 cm³/mol. The van der Waals surface area contributed by atoms with Gasteiger partial charge in [0.2, 0.25) is 5.95 Å². The fourth-order valence-electron chi connectivity index (χ4n) is 4.05. The van der Waals surface area contributed by atoms with Crippen LogP contribution in [0.1, 0.15) is 31.4 Å². The molecule has 4 aromatic rings. The zero-order valence-electron chi connectivity index (χ0n) is 17.6. The standard InChI is InChI=1S/C24H27N7/c1-17(18-6-3-2-4-7-18)29-24-26-13-11-23(30-24)31-16-28-21-14-19(9-10-22(21)31)27-15-20-8-5-12-25-20/h2-4,6-7,9-11,13-14,16-17,20,25,27H,5,8,12,15H2,1H3,(H,26,29,30)/t17?,20-/m1/s1. The fourth-order valence-corrected chi connectivity index (χ4v) is 4.05. The summed E-state index contributed by atoms with van der Waals surface area (Å²) in [5.74, 6) is 1.38. The molecule has 7 heteroatoms. The Balaban J connectivity index is 1.33. The molecule has 2 aromatic heterocycles. The van der Waals surface area contributed by atoms with Crippen LogP contribution in [0.25, 0.3) is 16.9 Å². The van der Waals surface area contributed by atoms with Crippen molar-refractivity contribution >= 4 is 22.7 Å². The van der Waals surface area contributed by atoms with Crippen molar-refractivity contribution in [3.05, 3.63) is 72.7 Å². The minimum Gasteiger partial charge on any atom is -0.383 e. The van der Waals surface area contributed by atoms with E-state index in [-0.39, 0.29) is 6.04 Å². The number of benzene rings is 2. The van der Waals surface area contributed by atoms with Crippen LogP contribution in [-0.4, -0.2) is 38.7 Å². The van der Waals surface area contributed by atoms with Crippen LogP contribution in [0.5, 0.6) is 0 Å². The summed E-state index contributed by atoms with van der Waals surface area (Å²) in [6.07, 6.45) is 6.09. The molecule has 5 rings (SSSR count). The number of hydrogen-bond donors (Lipinski definition) is 3. The summed E-state index contributed by atoms with van der Waals surface area (Å²) >= 11 is 0. The molecule has 1 unspecified atom stereocenters. The Kier molecular flexibility index (Phi) is 5.50. The van der Waals surface area contributed by atoms with Gasteiger partial charge in [-0.15, -0.1) is 0 Å². The molecule has 3 heterocycles. The lowest BCUT2D eigenvalue weighted by Crippen LogP contribution is -2.29. The summed E-state index contributed by atoms with van der Waals surface area (Å²) in [6, 6.07) is 19.1. The molecular weight excluding hydrogens is 386 g/mol. The summed E-state index contributed by atoms with van der Waals surface area (Å²) in [5, 5.41) is 10.4. The van der Waals surface area contributed by atoms with Crippen molar-refractivity contribution in [2.75, 3.05) is 23.7 Å². The maximum atomic E-state index is 4.72. The number of anilines is 2. The van der Waals surface area contributed by atoms with E-state index in [1.165, 1.54) is 18.4 Å². The summed E-state index contributed by atoms with van der Waals surface area (Å²) < 4.78 is 2.00. The number of aromatic nitrogens is 4. The highest BCUT2D eigenvalue weighted by Crippen LogP contribution is 2.22. The van der Waals surface area contributed by atoms with Gasteiger partial charge in [-0.2, -0.15) is 4.98 Å². The first kappa shape index (κ1) is 19.5. The highest BCUT2D eigenvalue weighted by atomic mass is 15.2. The van der Waals surface area contributed by atoms with Crippen LogP contribution in [-0.2, 0) is 0 Å². The van der Waals surface area contributed by atoms with E-state index in [1.54, 1.807) is 6.20 Å². The van der Waals surface area contributed by atoms with Crippen molar-refractivity contribution in [1.29, 1.82) is 0 Å². The van der Waals surface area contributed by atoms with E-state index in [4.69, 9.17) is 4.98 Å². The summed E-state index contributed by atoms with van der Waals surface area (Å²) in [5.41, 5.74) is 4.24. The third kappa shape index (κ3) is 4.36. The van der Waals surface area contributed by atoms with E-state index in [2.05, 4.69) is 63.2 Å². The van der Waals surface area contributed by atoms with Crippen molar-refractivity contribution in [3.63, 3.8) is 0 Å². The van der Waals surface area contributed by atoms with Gasteiger partial charge in [-0.05, 0) is 56.1 Å². The second-order valence-electron chi connectivity index (χ2n) is 8.01. The third-order valence-corrected chi connectivity index (χ3v) is 5.80. The summed E-state index contributed by atoms with van der Waals surface area (Å²) in [6.45, 7) is 4.16. The van der Waals surface area contributed by atoms with Gasteiger partial charge in [0.1, 0.15) is 12.1 Å². The largest absolute Gasteiger partial charge is 0.383 e. The molecule has 0 saturated carbocycles. The van der Waals surface area contributed by atoms with Gasteiger partial charge in [0, 0.05) is 24.5 Å².